The van der Waals surface area contributed by atoms with Crippen molar-refractivity contribution < 1.29 is 9.59 Å². The summed E-state index contributed by atoms with van der Waals surface area (Å²) in [7, 11) is 0. The number of hydrogen-bond acceptors (Lipinski definition) is 3. The average Bonchev–Trinajstić information content (AvgIpc) is 2.76. The van der Waals surface area contributed by atoms with Gasteiger partial charge in [0.15, 0.2) is 0 Å². The first kappa shape index (κ1) is 22.0. The number of benzene rings is 2. The van der Waals surface area contributed by atoms with Crippen molar-refractivity contribution in [3.8, 4) is 0 Å². The average molecular weight is 455 g/mol. The molecule has 0 spiro atoms. The highest BCUT2D eigenvalue weighted by molar-refractivity contribution is 8.04. The van der Waals surface area contributed by atoms with Gasteiger partial charge < -0.3 is 5.32 Å². The number of carbonyl (C=O) groups is 2. The fourth-order valence-electron chi connectivity index (χ4n) is 4.31. The van der Waals surface area contributed by atoms with Crippen molar-refractivity contribution in [1.82, 2.24) is 5.32 Å². The first-order valence-corrected chi connectivity index (χ1v) is 12.0. The largest absolute Gasteiger partial charge is 0.352 e. The van der Waals surface area contributed by atoms with Crippen LogP contribution in [-0.2, 0) is 9.59 Å². The molecule has 0 unspecified atom stereocenters. The number of para-hydroxylation sites is 1. The van der Waals surface area contributed by atoms with Crippen LogP contribution in [0.5, 0.6) is 0 Å². The predicted molar refractivity (Wildman–Crippen MR) is 128 cm³/mol. The zero-order valence-electron chi connectivity index (χ0n) is 17.8. The van der Waals surface area contributed by atoms with E-state index in [0.29, 0.717) is 21.8 Å². The summed E-state index contributed by atoms with van der Waals surface area (Å²) in [6.45, 7) is 4.48. The van der Waals surface area contributed by atoms with Crippen molar-refractivity contribution in [3.05, 3.63) is 64.0 Å². The first-order valence-electron chi connectivity index (χ1n) is 10.8. The Morgan fingerprint density at radius 2 is 1.90 bits per heavy atom. The predicted octanol–water partition coefficient (Wildman–Crippen LogP) is 5.76. The minimum Gasteiger partial charge on any atom is -0.352 e. The van der Waals surface area contributed by atoms with Crippen LogP contribution in [0, 0.1) is 11.8 Å². The molecule has 1 heterocycles. The van der Waals surface area contributed by atoms with Gasteiger partial charge in [-0.2, -0.15) is 0 Å². The highest BCUT2D eigenvalue weighted by Crippen LogP contribution is 2.42. The van der Waals surface area contributed by atoms with E-state index in [-0.39, 0.29) is 24.4 Å². The SMILES string of the molecule is C[C@H]1[C@H](C)CCC[C@@H]1NC(=O)CN1C(=O)/C(=C\c2ccc(Cl)cc2)Sc2ccccc21. The smallest absolute Gasteiger partial charge is 0.265 e. The van der Waals surface area contributed by atoms with E-state index in [2.05, 4.69) is 19.2 Å². The van der Waals surface area contributed by atoms with Gasteiger partial charge in [0.2, 0.25) is 5.91 Å². The fraction of sp³-hybridized carbons (Fsp3) is 0.360. The second-order valence-corrected chi connectivity index (χ2v) is 9.98. The van der Waals surface area contributed by atoms with Crippen LogP contribution in [0.3, 0.4) is 0 Å². The summed E-state index contributed by atoms with van der Waals surface area (Å²) in [5, 5.41) is 3.85. The lowest BCUT2D eigenvalue weighted by Gasteiger charge is -2.35. The maximum atomic E-state index is 13.3. The Kier molecular flexibility index (Phi) is 6.73. The number of amides is 2. The van der Waals surface area contributed by atoms with Gasteiger partial charge in [0.05, 0.1) is 10.6 Å². The van der Waals surface area contributed by atoms with Gasteiger partial charge in [-0.3, -0.25) is 14.5 Å². The summed E-state index contributed by atoms with van der Waals surface area (Å²) in [5.41, 5.74) is 1.68. The van der Waals surface area contributed by atoms with Gasteiger partial charge in [-0.15, -0.1) is 0 Å². The molecule has 0 radical (unpaired) electrons. The van der Waals surface area contributed by atoms with Crippen molar-refractivity contribution in [2.45, 2.75) is 44.0 Å². The number of hydrogen-bond donors (Lipinski definition) is 1. The lowest BCUT2D eigenvalue weighted by atomic mass is 9.78. The van der Waals surface area contributed by atoms with E-state index < -0.39 is 0 Å². The standard InChI is InChI=1S/C25H27ClN2O2S/c1-16-6-5-7-20(17(16)2)27-24(29)15-28-21-8-3-4-9-22(21)31-23(25(28)30)14-18-10-12-19(26)13-11-18/h3-4,8-14,16-17,20H,5-7,15H2,1-2H3,(H,27,29)/b23-14+/t16-,17+,20+/m1/s1. The topological polar surface area (TPSA) is 49.4 Å². The van der Waals surface area contributed by atoms with Crippen LogP contribution >= 0.6 is 23.4 Å². The Labute approximate surface area is 193 Å². The third-order valence-electron chi connectivity index (χ3n) is 6.35. The number of rotatable bonds is 4. The molecule has 1 N–H and O–H groups in total. The van der Waals surface area contributed by atoms with Gasteiger partial charge in [-0.25, -0.2) is 0 Å². The van der Waals surface area contributed by atoms with E-state index in [1.807, 2.05) is 42.5 Å². The molecule has 1 aliphatic heterocycles. The third kappa shape index (κ3) is 4.99. The molecule has 6 heteroatoms. The Balaban J connectivity index is 1.56. The normalized spacial score (nSPS) is 24.7. The summed E-state index contributed by atoms with van der Waals surface area (Å²) >= 11 is 7.42. The van der Waals surface area contributed by atoms with Crippen LogP contribution in [-0.4, -0.2) is 24.4 Å². The van der Waals surface area contributed by atoms with Crippen LogP contribution in [0.25, 0.3) is 6.08 Å². The number of halogens is 1. The van der Waals surface area contributed by atoms with E-state index in [9.17, 15) is 9.59 Å². The zero-order valence-corrected chi connectivity index (χ0v) is 19.4. The van der Waals surface area contributed by atoms with E-state index >= 15 is 0 Å². The van der Waals surface area contributed by atoms with Crippen molar-refractivity contribution in [2.75, 3.05) is 11.4 Å². The Bertz CT molecular complexity index is 1000. The van der Waals surface area contributed by atoms with E-state index in [1.54, 1.807) is 17.0 Å². The lowest BCUT2D eigenvalue weighted by Crippen LogP contribution is -2.49. The number of nitrogens with zero attached hydrogens (tertiary/aromatic N) is 1. The highest BCUT2D eigenvalue weighted by atomic mass is 35.5. The third-order valence-corrected chi connectivity index (χ3v) is 7.68. The van der Waals surface area contributed by atoms with Gasteiger partial charge in [0.1, 0.15) is 6.54 Å². The molecule has 2 aromatic carbocycles. The maximum absolute atomic E-state index is 13.3. The molecule has 0 aromatic heterocycles. The van der Waals surface area contributed by atoms with Crippen molar-refractivity contribution in [3.63, 3.8) is 0 Å². The number of nitrogens with one attached hydrogen (secondary N) is 1. The minimum absolute atomic E-state index is 0.0198. The Morgan fingerprint density at radius 3 is 2.68 bits per heavy atom. The quantitative estimate of drug-likeness (QED) is 0.597. The molecule has 162 valence electrons. The van der Waals surface area contributed by atoms with Crippen LogP contribution in [0.2, 0.25) is 5.02 Å². The van der Waals surface area contributed by atoms with Crippen molar-refractivity contribution in [2.24, 2.45) is 11.8 Å². The maximum Gasteiger partial charge on any atom is 0.265 e. The van der Waals surface area contributed by atoms with Crippen LogP contribution in [0.1, 0.15) is 38.7 Å². The molecular formula is C25H27ClN2O2S. The van der Waals surface area contributed by atoms with Crippen LogP contribution in [0.15, 0.2) is 58.3 Å². The van der Waals surface area contributed by atoms with E-state index in [4.69, 9.17) is 11.6 Å². The number of carbonyl (C=O) groups excluding carboxylic acids is 2. The summed E-state index contributed by atoms with van der Waals surface area (Å²) in [4.78, 5) is 29.4. The molecule has 2 amide bonds. The molecule has 0 saturated heterocycles. The number of fused-ring (bicyclic) bond motifs is 1. The van der Waals surface area contributed by atoms with Gasteiger partial charge in [-0.05, 0) is 54.2 Å². The van der Waals surface area contributed by atoms with Crippen LogP contribution < -0.4 is 10.2 Å². The monoisotopic (exact) mass is 454 g/mol. The molecule has 1 aliphatic carbocycles. The van der Waals surface area contributed by atoms with Crippen molar-refractivity contribution in [1.29, 1.82) is 0 Å². The molecule has 1 saturated carbocycles. The highest BCUT2D eigenvalue weighted by Gasteiger charge is 2.32. The summed E-state index contributed by atoms with van der Waals surface area (Å²) in [6.07, 6.45) is 5.20. The second-order valence-electron chi connectivity index (χ2n) is 8.46. The Morgan fingerprint density at radius 1 is 1.16 bits per heavy atom. The molecule has 31 heavy (non-hydrogen) atoms. The summed E-state index contributed by atoms with van der Waals surface area (Å²) in [6, 6.07) is 15.3. The minimum atomic E-state index is -0.154. The molecule has 1 fully saturated rings. The van der Waals surface area contributed by atoms with Crippen molar-refractivity contribution >= 4 is 46.9 Å². The van der Waals surface area contributed by atoms with Crippen LogP contribution in [0.4, 0.5) is 5.69 Å². The van der Waals surface area contributed by atoms with E-state index in [0.717, 1.165) is 29.0 Å². The van der Waals surface area contributed by atoms with E-state index in [1.165, 1.54) is 18.2 Å². The lowest BCUT2D eigenvalue weighted by molar-refractivity contribution is -0.123. The molecule has 0 bridgehead atoms. The zero-order chi connectivity index (χ0) is 22.0. The molecule has 2 aromatic rings. The second kappa shape index (κ2) is 9.49. The Hall–Kier alpha value is -2.24. The van der Waals surface area contributed by atoms with Gasteiger partial charge in [-0.1, -0.05) is 74.3 Å². The number of anilines is 1. The fourth-order valence-corrected chi connectivity index (χ4v) is 5.50. The molecule has 2 aliphatic rings. The molecule has 4 rings (SSSR count). The molecular weight excluding hydrogens is 428 g/mol. The van der Waals surface area contributed by atoms with Gasteiger partial charge >= 0.3 is 0 Å². The first-order chi connectivity index (χ1) is 14.9. The summed E-state index contributed by atoms with van der Waals surface area (Å²) < 4.78 is 0. The van der Waals surface area contributed by atoms with Gasteiger partial charge in [0.25, 0.3) is 5.91 Å². The summed E-state index contributed by atoms with van der Waals surface area (Å²) in [5.74, 6) is 0.783. The molecule has 4 nitrogen and oxygen atoms in total. The number of thioether (sulfide) groups is 1. The molecule has 3 atom stereocenters. The van der Waals surface area contributed by atoms with Gasteiger partial charge in [0, 0.05) is 16.0 Å².